The zero-order valence-corrected chi connectivity index (χ0v) is 16.5. The van der Waals surface area contributed by atoms with Crippen LogP contribution < -0.4 is 5.73 Å². The number of nitrogens with zero attached hydrogens (tertiary/aromatic N) is 2. The van der Waals surface area contributed by atoms with Gasteiger partial charge in [0, 0.05) is 5.75 Å². The second kappa shape index (κ2) is 9.67. The number of benzene rings is 1. The van der Waals surface area contributed by atoms with E-state index in [1.807, 2.05) is 12.1 Å². The van der Waals surface area contributed by atoms with Crippen LogP contribution in [0, 0.1) is 0 Å². The molecule has 1 heterocycles. The molecule has 148 valence electrons. The van der Waals surface area contributed by atoms with E-state index in [1.54, 1.807) is 18.0 Å². The number of nitrogens with two attached hydrogens (primary N) is 1. The van der Waals surface area contributed by atoms with E-state index in [0.29, 0.717) is 23.6 Å². The molecule has 1 aromatic carbocycles. The van der Waals surface area contributed by atoms with Gasteiger partial charge in [-0.3, -0.25) is 4.99 Å². The van der Waals surface area contributed by atoms with Gasteiger partial charge in [-0.15, -0.1) is 0 Å². The summed E-state index contributed by atoms with van der Waals surface area (Å²) in [6.45, 7) is 0.0665. The van der Waals surface area contributed by atoms with Gasteiger partial charge in [0.2, 0.25) is 16.0 Å². The molecule has 2 rings (SSSR count). The van der Waals surface area contributed by atoms with E-state index in [0.717, 1.165) is 16.3 Å². The summed E-state index contributed by atoms with van der Waals surface area (Å²) >= 11 is 1.59. The number of aliphatic hydroxyl groups is 1. The van der Waals surface area contributed by atoms with E-state index in [9.17, 15) is 18.6 Å². The lowest BCUT2D eigenvalue weighted by Gasteiger charge is -2.24. The van der Waals surface area contributed by atoms with Crippen molar-refractivity contribution in [3.8, 4) is 5.75 Å². The van der Waals surface area contributed by atoms with Gasteiger partial charge in [-0.25, -0.2) is 12.7 Å². The van der Waals surface area contributed by atoms with Crippen molar-refractivity contribution in [3.63, 3.8) is 0 Å². The summed E-state index contributed by atoms with van der Waals surface area (Å²) in [5.41, 5.74) is 6.31. The molecular formula is C17H23N3O5S2. The van der Waals surface area contributed by atoms with Crippen LogP contribution in [0.4, 0.5) is 0 Å². The van der Waals surface area contributed by atoms with Gasteiger partial charge in [0.1, 0.15) is 11.5 Å². The van der Waals surface area contributed by atoms with Crippen LogP contribution in [-0.2, 0) is 15.8 Å². The number of hydrogen-bond acceptors (Lipinski definition) is 7. The van der Waals surface area contributed by atoms with Crippen LogP contribution in [0.5, 0.6) is 5.75 Å². The molecule has 0 bridgehead atoms. The highest BCUT2D eigenvalue weighted by molar-refractivity contribution is 7.98. The van der Waals surface area contributed by atoms with Crippen LogP contribution in [0.25, 0.3) is 0 Å². The Kier molecular flexibility index (Phi) is 7.57. The van der Waals surface area contributed by atoms with Crippen LogP contribution in [-0.4, -0.2) is 54.0 Å². The molecule has 1 atom stereocenters. The molecule has 0 saturated heterocycles. The van der Waals surface area contributed by atoms with Crippen molar-refractivity contribution in [3.05, 3.63) is 54.0 Å². The molecule has 0 saturated carbocycles. The Balaban J connectivity index is 1.94. The van der Waals surface area contributed by atoms with Crippen molar-refractivity contribution < 1.29 is 23.0 Å². The molecule has 0 aliphatic rings. The minimum absolute atomic E-state index is 0.0547. The molecule has 1 aromatic heterocycles. The number of thioether (sulfide) groups is 1. The fraction of sp³-hybridized carbons (Fsp3) is 0.353. The molecule has 0 amide bonds. The lowest BCUT2D eigenvalue weighted by Crippen LogP contribution is -2.43. The first kappa shape index (κ1) is 21.1. The maximum absolute atomic E-state index is 12.0. The zero-order valence-electron chi connectivity index (χ0n) is 14.9. The summed E-state index contributed by atoms with van der Waals surface area (Å²) in [4.78, 5) is 4.11. The quantitative estimate of drug-likeness (QED) is 0.323. The standard InChI is InChI=1S/C17H23N3O5S2/c1-27(23,24)20(11-16(22)13-4-6-14(21)7-5-13)17(18)19-8-10-26-12-15-3-2-9-25-15/h2-7,9,16,21-22H,8,10-12H2,1H3,(H2,18,19). The monoisotopic (exact) mass is 413 g/mol. The van der Waals surface area contributed by atoms with Gasteiger partial charge in [-0.05, 0) is 29.8 Å². The summed E-state index contributed by atoms with van der Waals surface area (Å²) in [5.74, 6) is 2.07. The molecule has 0 aliphatic heterocycles. The predicted molar refractivity (Wildman–Crippen MR) is 106 cm³/mol. The van der Waals surface area contributed by atoms with E-state index in [1.165, 1.54) is 24.3 Å². The summed E-state index contributed by atoms with van der Waals surface area (Å²) in [6, 6.07) is 9.54. The zero-order chi connectivity index (χ0) is 19.9. The van der Waals surface area contributed by atoms with Crippen molar-refractivity contribution in [2.24, 2.45) is 10.7 Å². The Morgan fingerprint density at radius 3 is 2.63 bits per heavy atom. The minimum atomic E-state index is -3.71. The Labute approximate surface area is 162 Å². The summed E-state index contributed by atoms with van der Waals surface area (Å²) in [5, 5.41) is 19.6. The van der Waals surface area contributed by atoms with Crippen molar-refractivity contribution >= 4 is 27.7 Å². The van der Waals surface area contributed by atoms with Crippen LogP contribution in [0.2, 0.25) is 0 Å². The molecule has 0 fully saturated rings. The van der Waals surface area contributed by atoms with Gasteiger partial charge in [0.15, 0.2) is 0 Å². The molecule has 27 heavy (non-hydrogen) atoms. The first-order chi connectivity index (χ1) is 12.8. The number of sulfonamides is 1. The third-order valence-corrected chi connectivity index (χ3v) is 5.70. The molecule has 4 N–H and O–H groups in total. The van der Waals surface area contributed by atoms with Gasteiger partial charge in [-0.2, -0.15) is 11.8 Å². The molecular weight excluding hydrogens is 390 g/mol. The number of furan rings is 1. The topological polar surface area (TPSA) is 129 Å². The maximum Gasteiger partial charge on any atom is 0.234 e. The number of aliphatic imine (C=N–C) groups is 1. The smallest absolute Gasteiger partial charge is 0.234 e. The first-order valence-electron chi connectivity index (χ1n) is 8.12. The van der Waals surface area contributed by atoms with E-state index >= 15 is 0 Å². The van der Waals surface area contributed by atoms with Crippen LogP contribution in [0.3, 0.4) is 0 Å². The fourth-order valence-corrected chi connectivity index (χ4v) is 3.77. The van der Waals surface area contributed by atoms with Crippen molar-refractivity contribution in [2.45, 2.75) is 11.9 Å². The number of aliphatic hydroxyl groups excluding tert-OH is 1. The molecule has 1 unspecified atom stereocenters. The van der Waals surface area contributed by atoms with Crippen molar-refractivity contribution in [2.75, 3.05) is 25.1 Å². The Hall–Kier alpha value is -2.17. The van der Waals surface area contributed by atoms with Gasteiger partial charge < -0.3 is 20.4 Å². The highest BCUT2D eigenvalue weighted by atomic mass is 32.2. The normalized spacial score (nSPS) is 13.5. The number of phenolic OH excluding ortho intramolecular Hbond substituents is 1. The number of hydrogen-bond donors (Lipinski definition) is 3. The summed E-state index contributed by atoms with van der Waals surface area (Å²) in [7, 11) is -3.71. The van der Waals surface area contributed by atoms with Crippen molar-refractivity contribution in [1.29, 1.82) is 0 Å². The average Bonchev–Trinajstić information content (AvgIpc) is 3.12. The number of phenols is 1. The van der Waals surface area contributed by atoms with Gasteiger partial charge >= 0.3 is 0 Å². The second-order valence-corrected chi connectivity index (χ2v) is 8.79. The highest BCUT2D eigenvalue weighted by Gasteiger charge is 2.23. The second-order valence-electron chi connectivity index (χ2n) is 5.77. The van der Waals surface area contributed by atoms with Crippen LogP contribution in [0.1, 0.15) is 17.4 Å². The van der Waals surface area contributed by atoms with E-state index in [4.69, 9.17) is 10.2 Å². The van der Waals surface area contributed by atoms with Gasteiger partial charge in [-0.1, -0.05) is 12.1 Å². The lowest BCUT2D eigenvalue weighted by molar-refractivity contribution is 0.163. The van der Waals surface area contributed by atoms with Crippen LogP contribution in [0.15, 0.2) is 52.1 Å². The third kappa shape index (κ3) is 6.81. The molecule has 10 heteroatoms. The lowest BCUT2D eigenvalue weighted by atomic mass is 10.1. The largest absolute Gasteiger partial charge is 0.508 e. The molecule has 0 spiro atoms. The molecule has 0 aliphatic carbocycles. The number of aromatic hydroxyl groups is 1. The highest BCUT2D eigenvalue weighted by Crippen LogP contribution is 2.19. The minimum Gasteiger partial charge on any atom is -0.508 e. The van der Waals surface area contributed by atoms with Crippen LogP contribution >= 0.6 is 11.8 Å². The Morgan fingerprint density at radius 1 is 1.33 bits per heavy atom. The molecule has 0 radical (unpaired) electrons. The molecule has 8 nitrogen and oxygen atoms in total. The third-order valence-electron chi connectivity index (χ3n) is 3.61. The predicted octanol–water partition coefficient (Wildman–Crippen LogP) is 1.53. The number of guanidine groups is 1. The maximum atomic E-state index is 12.0. The van der Waals surface area contributed by atoms with E-state index in [2.05, 4.69) is 4.99 Å². The van der Waals surface area contributed by atoms with Crippen molar-refractivity contribution in [1.82, 2.24) is 4.31 Å². The SMILES string of the molecule is CS(=O)(=O)N(CC(O)c1ccc(O)cc1)C(N)=NCCSCc1ccco1. The van der Waals surface area contributed by atoms with Gasteiger partial charge in [0.25, 0.3) is 0 Å². The van der Waals surface area contributed by atoms with E-state index in [-0.39, 0.29) is 18.3 Å². The Bertz CT molecular complexity index is 836. The number of rotatable bonds is 9. The van der Waals surface area contributed by atoms with E-state index < -0.39 is 16.1 Å². The summed E-state index contributed by atoms with van der Waals surface area (Å²) < 4.78 is 30.2. The summed E-state index contributed by atoms with van der Waals surface area (Å²) in [6.07, 6.45) is 1.50. The average molecular weight is 414 g/mol. The molecule has 2 aromatic rings. The fourth-order valence-electron chi connectivity index (χ4n) is 2.23. The first-order valence-corrected chi connectivity index (χ1v) is 11.1. The van der Waals surface area contributed by atoms with Gasteiger partial charge in [0.05, 0.1) is 37.5 Å². The Morgan fingerprint density at radius 2 is 2.04 bits per heavy atom.